The standard InChI is InChI=1S/C14H12BrN5/c1-9-2-7-12(15)13(8-9)20-14(17-18-19-20)10-3-5-11(16)6-4-10/h2-8H,16H2,1H3. The molecule has 0 saturated heterocycles. The van der Waals surface area contributed by atoms with E-state index < -0.39 is 0 Å². The summed E-state index contributed by atoms with van der Waals surface area (Å²) >= 11 is 3.53. The van der Waals surface area contributed by atoms with Gasteiger partial charge in [-0.3, -0.25) is 0 Å². The number of rotatable bonds is 2. The Morgan fingerprint density at radius 3 is 2.60 bits per heavy atom. The van der Waals surface area contributed by atoms with Gasteiger partial charge in [0.2, 0.25) is 0 Å². The molecule has 3 rings (SSSR count). The fraction of sp³-hybridized carbons (Fsp3) is 0.0714. The number of anilines is 1. The van der Waals surface area contributed by atoms with E-state index >= 15 is 0 Å². The van der Waals surface area contributed by atoms with Crippen LogP contribution in [0.1, 0.15) is 5.56 Å². The minimum atomic E-state index is 0.677. The van der Waals surface area contributed by atoms with E-state index in [4.69, 9.17) is 5.73 Å². The van der Waals surface area contributed by atoms with Crippen LogP contribution in [0.15, 0.2) is 46.9 Å². The third-order valence-electron chi connectivity index (χ3n) is 2.97. The summed E-state index contributed by atoms with van der Waals surface area (Å²) in [5, 5.41) is 12.0. The smallest absolute Gasteiger partial charge is 0.187 e. The Morgan fingerprint density at radius 2 is 1.85 bits per heavy atom. The van der Waals surface area contributed by atoms with E-state index in [0.717, 1.165) is 21.3 Å². The van der Waals surface area contributed by atoms with Crippen molar-refractivity contribution in [1.82, 2.24) is 20.2 Å². The number of aryl methyl sites for hydroxylation is 1. The second-order valence-electron chi connectivity index (χ2n) is 4.49. The molecule has 5 nitrogen and oxygen atoms in total. The second-order valence-corrected chi connectivity index (χ2v) is 5.35. The molecule has 0 fully saturated rings. The Labute approximate surface area is 124 Å². The molecule has 6 heteroatoms. The van der Waals surface area contributed by atoms with Crippen molar-refractivity contribution in [1.29, 1.82) is 0 Å². The first-order valence-corrected chi connectivity index (χ1v) is 6.85. The third kappa shape index (κ3) is 2.30. The largest absolute Gasteiger partial charge is 0.399 e. The van der Waals surface area contributed by atoms with Crippen molar-refractivity contribution in [3.63, 3.8) is 0 Å². The Balaban J connectivity index is 2.15. The van der Waals surface area contributed by atoms with E-state index in [0.29, 0.717) is 11.5 Å². The highest BCUT2D eigenvalue weighted by molar-refractivity contribution is 9.10. The summed E-state index contributed by atoms with van der Waals surface area (Å²) < 4.78 is 2.65. The highest BCUT2D eigenvalue weighted by Gasteiger charge is 2.13. The van der Waals surface area contributed by atoms with Gasteiger partial charge >= 0.3 is 0 Å². The number of hydrogen-bond acceptors (Lipinski definition) is 4. The maximum Gasteiger partial charge on any atom is 0.187 e. The van der Waals surface area contributed by atoms with Gasteiger partial charge in [0.25, 0.3) is 0 Å². The minimum Gasteiger partial charge on any atom is -0.399 e. The lowest BCUT2D eigenvalue weighted by Crippen LogP contribution is -2.01. The fourth-order valence-corrected chi connectivity index (χ4v) is 2.36. The van der Waals surface area contributed by atoms with Crippen molar-refractivity contribution in [2.45, 2.75) is 6.92 Å². The summed E-state index contributed by atoms with van der Waals surface area (Å²) in [4.78, 5) is 0. The zero-order valence-electron chi connectivity index (χ0n) is 10.8. The van der Waals surface area contributed by atoms with E-state index in [9.17, 15) is 0 Å². The molecule has 0 spiro atoms. The highest BCUT2D eigenvalue weighted by Crippen LogP contribution is 2.26. The van der Waals surface area contributed by atoms with Crippen molar-refractivity contribution in [3.8, 4) is 17.1 Å². The van der Waals surface area contributed by atoms with Crippen LogP contribution in [0.5, 0.6) is 0 Å². The molecule has 0 amide bonds. The summed E-state index contributed by atoms with van der Waals surface area (Å²) in [6.45, 7) is 2.03. The molecule has 0 unspecified atom stereocenters. The average Bonchev–Trinajstić information content (AvgIpc) is 2.91. The molecule has 3 aromatic rings. The van der Waals surface area contributed by atoms with E-state index in [2.05, 4.69) is 31.5 Å². The molecule has 0 aliphatic rings. The summed E-state index contributed by atoms with van der Waals surface area (Å²) in [7, 11) is 0. The van der Waals surface area contributed by atoms with Gasteiger partial charge in [-0.25, -0.2) is 0 Å². The molecule has 1 heterocycles. The molecule has 0 atom stereocenters. The fourth-order valence-electron chi connectivity index (χ4n) is 1.95. The van der Waals surface area contributed by atoms with Crippen LogP contribution in [0.25, 0.3) is 17.1 Å². The zero-order chi connectivity index (χ0) is 14.1. The summed E-state index contributed by atoms with van der Waals surface area (Å²) in [6, 6.07) is 13.5. The van der Waals surface area contributed by atoms with Crippen LogP contribution in [0, 0.1) is 6.92 Å². The van der Waals surface area contributed by atoms with Crippen molar-refractivity contribution in [3.05, 3.63) is 52.5 Å². The number of nitrogen functional groups attached to an aromatic ring is 1. The molecular formula is C14H12BrN5. The van der Waals surface area contributed by atoms with Crippen LogP contribution in [0.3, 0.4) is 0 Å². The van der Waals surface area contributed by atoms with Gasteiger partial charge in [0, 0.05) is 15.7 Å². The molecule has 100 valence electrons. The van der Waals surface area contributed by atoms with Gasteiger partial charge in [0.05, 0.1) is 5.69 Å². The lowest BCUT2D eigenvalue weighted by atomic mass is 10.2. The van der Waals surface area contributed by atoms with Crippen LogP contribution in [-0.4, -0.2) is 20.2 Å². The Bertz CT molecular complexity index is 749. The molecular weight excluding hydrogens is 318 g/mol. The van der Waals surface area contributed by atoms with Crippen LogP contribution in [0.4, 0.5) is 5.69 Å². The number of benzene rings is 2. The van der Waals surface area contributed by atoms with Gasteiger partial charge < -0.3 is 5.73 Å². The second kappa shape index (κ2) is 5.05. The molecule has 20 heavy (non-hydrogen) atoms. The monoisotopic (exact) mass is 329 g/mol. The minimum absolute atomic E-state index is 0.677. The molecule has 0 radical (unpaired) electrons. The topological polar surface area (TPSA) is 69.6 Å². The molecule has 2 aromatic carbocycles. The number of nitrogens with two attached hydrogens (primary N) is 1. The maximum atomic E-state index is 5.71. The number of nitrogens with zero attached hydrogens (tertiary/aromatic N) is 4. The molecule has 0 bridgehead atoms. The molecule has 2 N–H and O–H groups in total. The zero-order valence-corrected chi connectivity index (χ0v) is 12.4. The summed E-state index contributed by atoms with van der Waals surface area (Å²) in [5.41, 5.74) is 9.38. The van der Waals surface area contributed by atoms with Gasteiger partial charge in [-0.2, -0.15) is 4.68 Å². The normalized spacial score (nSPS) is 10.7. The van der Waals surface area contributed by atoms with Gasteiger partial charge in [-0.15, -0.1) is 5.10 Å². The molecule has 0 saturated carbocycles. The van der Waals surface area contributed by atoms with Crippen molar-refractivity contribution >= 4 is 21.6 Å². The highest BCUT2D eigenvalue weighted by atomic mass is 79.9. The summed E-state index contributed by atoms with van der Waals surface area (Å²) in [5.74, 6) is 0.677. The Hall–Kier alpha value is -2.21. The first-order chi connectivity index (χ1) is 9.65. The number of aromatic nitrogens is 4. The lowest BCUT2D eigenvalue weighted by molar-refractivity contribution is 0.788. The quantitative estimate of drug-likeness (QED) is 0.734. The average molecular weight is 330 g/mol. The molecule has 1 aromatic heterocycles. The van der Waals surface area contributed by atoms with Crippen LogP contribution in [-0.2, 0) is 0 Å². The van der Waals surface area contributed by atoms with Gasteiger partial charge in [0.15, 0.2) is 5.82 Å². The summed E-state index contributed by atoms with van der Waals surface area (Å²) in [6.07, 6.45) is 0. The molecule has 0 aliphatic carbocycles. The van der Waals surface area contributed by atoms with Crippen LogP contribution < -0.4 is 5.73 Å². The first kappa shape index (κ1) is 12.8. The van der Waals surface area contributed by atoms with E-state index in [1.807, 2.05) is 49.4 Å². The SMILES string of the molecule is Cc1ccc(Br)c(-n2nnnc2-c2ccc(N)cc2)c1. The van der Waals surface area contributed by atoms with E-state index in [1.54, 1.807) is 4.68 Å². The number of halogens is 1. The van der Waals surface area contributed by atoms with Crippen molar-refractivity contribution in [2.24, 2.45) is 0 Å². The van der Waals surface area contributed by atoms with E-state index in [-0.39, 0.29) is 0 Å². The Morgan fingerprint density at radius 1 is 1.10 bits per heavy atom. The Kier molecular flexibility index (Phi) is 3.23. The number of hydrogen-bond donors (Lipinski definition) is 1. The maximum absolute atomic E-state index is 5.71. The van der Waals surface area contributed by atoms with Crippen LogP contribution in [0.2, 0.25) is 0 Å². The molecule has 0 aliphatic heterocycles. The predicted octanol–water partition coefficient (Wildman–Crippen LogP) is 2.98. The van der Waals surface area contributed by atoms with E-state index in [1.165, 1.54) is 0 Å². The van der Waals surface area contributed by atoms with Gasteiger partial charge in [0.1, 0.15) is 0 Å². The van der Waals surface area contributed by atoms with Gasteiger partial charge in [-0.05, 0) is 75.2 Å². The first-order valence-electron chi connectivity index (χ1n) is 6.06. The predicted molar refractivity (Wildman–Crippen MR) is 81.4 cm³/mol. The lowest BCUT2D eigenvalue weighted by Gasteiger charge is -2.08. The van der Waals surface area contributed by atoms with Gasteiger partial charge in [-0.1, -0.05) is 6.07 Å². The third-order valence-corrected chi connectivity index (χ3v) is 3.64. The number of tetrazole rings is 1. The van der Waals surface area contributed by atoms with Crippen LogP contribution >= 0.6 is 15.9 Å². The van der Waals surface area contributed by atoms with Crippen molar-refractivity contribution < 1.29 is 0 Å². The van der Waals surface area contributed by atoms with Crippen molar-refractivity contribution in [2.75, 3.05) is 5.73 Å².